The number of anilines is 1. The lowest BCUT2D eigenvalue weighted by Gasteiger charge is -2.28. The Labute approximate surface area is 307 Å². The smallest absolute Gasteiger partial charge is 0.414 e. The van der Waals surface area contributed by atoms with E-state index in [4.69, 9.17) is 42.6 Å². The summed E-state index contributed by atoms with van der Waals surface area (Å²) in [5.41, 5.74) is 1.32. The number of hydrogen-bond acceptors (Lipinski definition) is 11. The van der Waals surface area contributed by atoms with E-state index in [2.05, 4.69) is 0 Å². The fraction of sp³-hybridized carbons (Fsp3) is 0.550. The van der Waals surface area contributed by atoms with Gasteiger partial charge in [-0.25, -0.2) is 9.59 Å². The summed E-state index contributed by atoms with van der Waals surface area (Å²) in [4.78, 5) is 29.0. The quantitative estimate of drug-likeness (QED) is 0.132. The van der Waals surface area contributed by atoms with Crippen LogP contribution in [0.3, 0.4) is 0 Å². The van der Waals surface area contributed by atoms with E-state index >= 15 is 0 Å². The highest BCUT2D eigenvalue weighted by atomic mass is 16.8. The Morgan fingerprint density at radius 2 is 1.73 bits per heavy atom. The zero-order chi connectivity index (χ0) is 38.1. The molecule has 1 fully saturated rings. The number of rotatable bonds is 11. The van der Waals surface area contributed by atoms with Crippen molar-refractivity contribution in [3.63, 3.8) is 0 Å². The van der Waals surface area contributed by atoms with Gasteiger partial charge in [0, 0.05) is 26.2 Å². The summed E-state index contributed by atoms with van der Waals surface area (Å²) in [6, 6.07) is 11.1. The molecule has 0 aliphatic carbocycles. The predicted octanol–water partition coefficient (Wildman–Crippen LogP) is 7.33. The van der Waals surface area contributed by atoms with E-state index in [-0.39, 0.29) is 37.2 Å². The molecule has 5 atom stereocenters. The first-order valence-electron chi connectivity index (χ1n) is 17.6. The van der Waals surface area contributed by atoms with Crippen LogP contribution in [-0.4, -0.2) is 89.1 Å². The van der Waals surface area contributed by atoms with Crippen molar-refractivity contribution in [3.05, 3.63) is 71.3 Å². The summed E-state index contributed by atoms with van der Waals surface area (Å²) < 4.78 is 53.0. The van der Waals surface area contributed by atoms with E-state index in [1.807, 2.05) is 70.2 Å². The van der Waals surface area contributed by atoms with Crippen LogP contribution in [0.15, 0.2) is 54.6 Å². The number of nitrogens with zero attached hydrogens (tertiary/aromatic N) is 1. The molecule has 2 heterocycles. The highest BCUT2D eigenvalue weighted by Crippen LogP contribution is 2.36. The molecule has 0 spiro atoms. The van der Waals surface area contributed by atoms with Crippen molar-refractivity contribution in [2.24, 2.45) is 5.92 Å². The molecular formula is C40H55NO11. The van der Waals surface area contributed by atoms with E-state index in [1.165, 1.54) is 12.0 Å². The van der Waals surface area contributed by atoms with Gasteiger partial charge in [0.1, 0.15) is 41.0 Å². The van der Waals surface area contributed by atoms with Crippen molar-refractivity contribution in [1.29, 1.82) is 0 Å². The minimum atomic E-state index is -0.869. The molecule has 2 aromatic carbocycles. The maximum absolute atomic E-state index is 14.0. The van der Waals surface area contributed by atoms with E-state index < -0.39 is 47.9 Å². The van der Waals surface area contributed by atoms with Gasteiger partial charge in [-0.1, -0.05) is 43.4 Å². The number of fused-ring (bicyclic) bond motifs is 2. The highest BCUT2D eigenvalue weighted by Gasteiger charge is 2.44. The summed E-state index contributed by atoms with van der Waals surface area (Å²) >= 11 is 0. The third kappa shape index (κ3) is 11.3. The van der Waals surface area contributed by atoms with Crippen molar-refractivity contribution in [2.75, 3.05) is 46.2 Å². The zero-order valence-electron chi connectivity index (χ0n) is 32.1. The Kier molecular flexibility index (Phi) is 14.3. The maximum atomic E-state index is 14.0. The predicted molar refractivity (Wildman–Crippen MR) is 197 cm³/mol. The molecule has 0 bridgehead atoms. The number of methoxy groups -OCH3 is 3. The lowest BCUT2D eigenvalue weighted by molar-refractivity contribution is -0.156. The van der Waals surface area contributed by atoms with Crippen molar-refractivity contribution in [2.45, 2.75) is 97.3 Å². The minimum Gasteiger partial charge on any atom is -0.497 e. The lowest BCUT2D eigenvalue weighted by atomic mass is 9.98. The zero-order valence-corrected chi connectivity index (χ0v) is 32.1. The standard InChI is InChI=1S/C40H55NO11/c1-26-14-19-32(47-24-28-15-17-31(46-10)18-16-28)36-33(50-40(6,7)51-36)13-11-12-29-22-30(41(20-21-44-8)38(43)52-39(3,4)5)23-34(48-25-45-9)35(29)37(42)49-27(26)2/h11-12,14-19,22-23,26-27,32-33,36H,13,20-21,24-25H2,1-10H3/b12-11+,19-14-/t26-,27+,32-,33+,36-/m1/s1. The fourth-order valence-corrected chi connectivity index (χ4v) is 5.79. The van der Waals surface area contributed by atoms with Gasteiger partial charge in [-0.2, -0.15) is 0 Å². The first-order valence-corrected chi connectivity index (χ1v) is 17.6. The van der Waals surface area contributed by atoms with Gasteiger partial charge in [0.2, 0.25) is 0 Å². The van der Waals surface area contributed by atoms with Gasteiger partial charge in [0.15, 0.2) is 12.6 Å². The highest BCUT2D eigenvalue weighted by molar-refractivity contribution is 5.99. The van der Waals surface area contributed by atoms with Crippen LogP contribution in [0.4, 0.5) is 10.5 Å². The van der Waals surface area contributed by atoms with Crippen LogP contribution < -0.4 is 14.4 Å². The molecule has 52 heavy (non-hydrogen) atoms. The second kappa shape index (κ2) is 18.2. The normalized spacial score (nSPS) is 24.4. The van der Waals surface area contributed by atoms with Crippen LogP contribution in [0.25, 0.3) is 6.08 Å². The Hall–Kier alpha value is -3.94. The van der Waals surface area contributed by atoms with E-state index in [0.717, 1.165) is 11.3 Å². The number of carbonyl (C=O) groups is 2. The summed E-state index contributed by atoms with van der Waals surface area (Å²) in [5, 5.41) is 0. The van der Waals surface area contributed by atoms with Gasteiger partial charge in [0.25, 0.3) is 0 Å². The number of esters is 1. The second-order valence-electron chi connectivity index (χ2n) is 14.3. The van der Waals surface area contributed by atoms with Gasteiger partial charge in [-0.3, -0.25) is 4.90 Å². The van der Waals surface area contributed by atoms with E-state index in [1.54, 1.807) is 53.2 Å². The average molecular weight is 726 g/mol. The molecule has 1 saturated heterocycles. The summed E-state index contributed by atoms with van der Waals surface area (Å²) in [6.45, 7) is 13.6. The number of amides is 1. The molecule has 12 nitrogen and oxygen atoms in total. The molecule has 286 valence electrons. The first-order chi connectivity index (χ1) is 24.6. The first kappa shape index (κ1) is 40.8. The Balaban J connectivity index is 1.78. The van der Waals surface area contributed by atoms with E-state index in [0.29, 0.717) is 24.3 Å². The Morgan fingerprint density at radius 3 is 2.38 bits per heavy atom. The molecule has 2 aliphatic rings. The molecule has 12 heteroatoms. The second-order valence-corrected chi connectivity index (χ2v) is 14.3. The third-order valence-electron chi connectivity index (χ3n) is 8.55. The largest absolute Gasteiger partial charge is 0.497 e. The van der Waals surface area contributed by atoms with Crippen molar-refractivity contribution in [3.8, 4) is 11.5 Å². The van der Waals surface area contributed by atoms with Crippen molar-refractivity contribution >= 4 is 23.8 Å². The topological polar surface area (TPSA) is 120 Å². The average Bonchev–Trinajstić information content (AvgIpc) is 3.39. The Morgan fingerprint density at radius 1 is 1.00 bits per heavy atom. The lowest BCUT2D eigenvalue weighted by Crippen LogP contribution is -2.39. The van der Waals surface area contributed by atoms with Crippen molar-refractivity contribution < 1.29 is 52.2 Å². The monoisotopic (exact) mass is 725 g/mol. The van der Waals surface area contributed by atoms with Crippen LogP contribution in [0, 0.1) is 5.92 Å². The molecule has 0 aromatic heterocycles. The third-order valence-corrected chi connectivity index (χ3v) is 8.55. The molecule has 0 saturated carbocycles. The fourth-order valence-electron chi connectivity index (χ4n) is 5.79. The number of cyclic esters (lactones) is 1. The summed E-state index contributed by atoms with van der Waals surface area (Å²) in [7, 11) is 4.67. The van der Waals surface area contributed by atoms with Gasteiger partial charge < -0.3 is 42.6 Å². The number of ether oxygens (including phenoxy) is 9. The Bertz CT molecular complexity index is 1550. The van der Waals surface area contributed by atoms with Crippen LogP contribution in [-0.2, 0) is 39.8 Å². The molecular weight excluding hydrogens is 670 g/mol. The number of carbonyl (C=O) groups excluding carboxylic acids is 2. The van der Waals surface area contributed by atoms with Crippen LogP contribution >= 0.6 is 0 Å². The van der Waals surface area contributed by atoms with Crippen LogP contribution in [0.2, 0.25) is 0 Å². The van der Waals surface area contributed by atoms with Gasteiger partial charge in [-0.15, -0.1) is 0 Å². The molecule has 2 aliphatic heterocycles. The van der Waals surface area contributed by atoms with Gasteiger partial charge in [0.05, 0.1) is 38.7 Å². The molecule has 4 rings (SSSR count). The van der Waals surface area contributed by atoms with Crippen LogP contribution in [0.1, 0.15) is 76.4 Å². The van der Waals surface area contributed by atoms with E-state index in [9.17, 15) is 9.59 Å². The SMILES string of the molecule is COCCN(C(=O)OC(C)(C)C)c1cc2c(c(OCOC)c1)C(=O)O[C@@H](C)[C@H](C)/C=C\[C@@H](OCc1ccc(OC)cc1)[C@H]1OC(C)(C)O[C@H]1C/C=C/2. The molecule has 0 radical (unpaired) electrons. The van der Waals surface area contributed by atoms with Gasteiger partial charge >= 0.3 is 12.1 Å². The maximum Gasteiger partial charge on any atom is 0.414 e. The van der Waals surface area contributed by atoms with Crippen molar-refractivity contribution in [1.82, 2.24) is 0 Å². The molecule has 2 aromatic rings. The molecule has 0 unspecified atom stereocenters. The minimum absolute atomic E-state index is 0.145. The summed E-state index contributed by atoms with van der Waals surface area (Å²) in [5.74, 6) is -0.713. The number of benzene rings is 2. The van der Waals surface area contributed by atoms with Crippen LogP contribution in [0.5, 0.6) is 11.5 Å². The summed E-state index contributed by atoms with van der Waals surface area (Å²) in [6.07, 6.45) is 5.64. The molecule has 0 N–H and O–H groups in total. The number of hydrogen-bond donors (Lipinski definition) is 0. The van der Waals surface area contributed by atoms with Gasteiger partial charge in [-0.05, 0) is 77.3 Å². The molecule has 1 amide bonds.